The summed E-state index contributed by atoms with van der Waals surface area (Å²) >= 11 is 0.669. The first-order chi connectivity index (χ1) is 18.2. The topological polar surface area (TPSA) is 108 Å². The molecule has 0 bridgehead atoms. The number of carbonyl (C=O) groups excluding carboxylic acids is 2. The van der Waals surface area contributed by atoms with E-state index in [1.54, 1.807) is 42.5 Å². The van der Waals surface area contributed by atoms with Crippen LogP contribution in [-0.4, -0.2) is 37.9 Å². The molecule has 1 heterocycles. The Morgan fingerprint density at radius 1 is 0.947 bits per heavy atom. The lowest BCUT2D eigenvalue weighted by molar-refractivity contribution is -0.112. The average Bonchev–Trinajstić information content (AvgIpc) is 3.23. The second-order valence-electron chi connectivity index (χ2n) is 8.76. The molecule has 8 nitrogen and oxygen atoms in total. The normalized spacial score (nSPS) is 16.1. The van der Waals surface area contributed by atoms with Gasteiger partial charge in [-0.05, 0) is 60.0 Å². The maximum atomic E-state index is 12.0. The molecule has 3 aromatic rings. The molecule has 1 saturated heterocycles. The predicted octanol–water partition coefficient (Wildman–Crippen LogP) is 5.32. The standard InChI is InChI=1S/C28H29NO7S2/c1-3-7-20-18-23(38(2,32)33)14-15-24(20)34-17-16-25(35-21-8-5-4-6-9-21)36-22-12-10-19(11-13-22)26-27(30)37-28(31)29-26/h4-6,8-15,18,25-26H,3,7,16-17H2,1-2H3,(H,29,31). The van der Waals surface area contributed by atoms with Crippen molar-refractivity contribution in [2.75, 3.05) is 12.9 Å². The van der Waals surface area contributed by atoms with Gasteiger partial charge in [0.05, 0.1) is 17.9 Å². The highest BCUT2D eigenvalue weighted by atomic mass is 32.2. The van der Waals surface area contributed by atoms with Gasteiger partial charge in [-0.15, -0.1) is 0 Å². The van der Waals surface area contributed by atoms with Crippen LogP contribution in [0.25, 0.3) is 0 Å². The summed E-state index contributed by atoms with van der Waals surface area (Å²) in [6.45, 7) is 2.29. The summed E-state index contributed by atoms with van der Waals surface area (Å²) in [4.78, 5) is 23.8. The monoisotopic (exact) mass is 555 g/mol. The minimum absolute atomic E-state index is 0.238. The number of hydrogen-bond acceptors (Lipinski definition) is 8. The summed E-state index contributed by atoms with van der Waals surface area (Å²) in [7, 11) is -3.31. The summed E-state index contributed by atoms with van der Waals surface area (Å²) in [5.74, 6) is 1.79. The van der Waals surface area contributed by atoms with Crippen LogP contribution in [0.2, 0.25) is 0 Å². The van der Waals surface area contributed by atoms with E-state index in [2.05, 4.69) is 5.32 Å². The number of benzene rings is 3. The van der Waals surface area contributed by atoms with E-state index in [0.29, 0.717) is 47.4 Å². The smallest absolute Gasteiger partial charge is 0.287 e. The van der Waals surface area contributed by atoms with Gasteiger partial charge in [-0.2, -0.15) is 0 Å². The van der Waals surface area contributed by atoms with Crippen molar-refractivity contribution in [3.63, 3.8) is 0 Å². The molecule has 1 fully saturated rings. The van der Waals surface area contributed by atoms with Crippen molar-refractivity contribution in [2.24, 2.45) is 0 Å². The molecule has 0 radical (unpaired) electrons. The van der Waals surface area contributed by atoms with Gasteiger partial charge in [0, 0.05) is 18.0 Å². The fourth-order valence-corrected chi connectivity index (χ4v) is 5.26. The number of amides is 1. The molecule has 2 unspecified atom stereocenters. The quantitative estimate of drug-likeness (QED) is 0.299. The van der Waals surface area contributed by atoms with E-state index in [4.69, 9.17) is 14.2 Å². The number of rotatable bonds is 12. The van der Waals surface area contributed by atoms with Gasteiger partial charge in [0.25, 0.3) is 5.24 Å². The fraction of sp³-hybridized carbons (Fsp3) is 0.286. The van der Waals surface area contributed by atoms with Gasteiger partial charge < -0.3 is 19.5 Å². The van der Waals surface area contributed by atoms with Gasteiger partial charge in [-0.25, -0.2) is 8.42 Å². The van der Waals surface area contributed by atoms with Gasteiger partial charge in [-0.3, -0.25) is 9.59 Å². The zero-order chi connectivity index (χ0) is 27.1. The summed E-state index contributed by atoms with van der Waals surface area (Å²) in [6, 6.07) is 20.4. The van der Waals surface area contributed by atoms with E-state index in [1.807, 2.05) is 37.3 Å². The van der Waals surface area contributed by atoms with Crippen molar-refractivity contribution < 1.29 is 32.2 Å². The van der Waals surface area contributed by atoms with Crippen molar-refractivity contribution in [1.29, 1.82) is 0 Å². The molecule has 1 aliphatic rings. The number of aryl methyl sites for hydroxylation is 1. The lowest BCUT2D eigenvalue weighted by atomic mass is 10.1. The zero-order valence-corrected chi connectivity index (χ0v) is 22.7. The Morgan fingerprint density at radius 2 is 1.63 bits per heavy atom. The molecule has 3 aromatic carbocycles. The maximum Gasteiger partial charge on any atom is 0.287 e. The highest BCUT2D eigenvalue weighted by molar-refractivity contribution is 8.26. The first kappa shape index (κ1) is 27.5. The summed E-state index contributed by atoms with van der Waals surface area (Å²) in [5, 5.41) is 2.05. The van der Waals surface area contributed by atoms with Crippen molar-refractivity contribution in [2.45, 2.75) is 43.4 Å². The molecule has 0 aromatic heterocycles. The molecular weight excluding hydrogens is 526 g/mol. The Labute approximate surface area is 226 Å². The van der Waals surface area contributed by atoms with Gasteiger partial charge >= 0.3 is 0 Å². The molecule has 1 amide bonds. The third-order valence-corrected chi connectivity index (χ3v) is 7.62. The molecule has 0 aliphatic carbocycles. The van der Waals surface area contributed by atoms with Crippen LogP contribution in [0.1, 0.15) is 36.9 Å². The van der Waals surface area contributed by atoms with Crippen LogP contribution >= 0.6 is 11.8 Å². The lowest BCUT2D eigenvalue weighted by Crippen LogP contribution is -2.26. The Morgan fingerprint density at radius 3 is 2.24 bits per heavy atom. The van der Waals surface area contributed by atoms with Crippen LogP contribution in [0.4, 0.5) is 4.79 Å². The highest BCUT2D eigenvalue weighted by Crippen LogP contribution is 2.29. The SMILES string of the molecule is CCCc1cc(S(C)(=O)=O)ccc1OCCC(Oc1ccccc1)Oc1ccc(C2NC(=O)SC2=O)cc1. The third kappa shape index (κ3) is 7.29. The average molecular weight is 556 g/mol. The van der Waals surface area contributed by atoms with Gasteiger partial charge in [0.15, 0.2) is 9.84 Å². The van der Waals surface area contributed by atoms with Crippen molar-refractivity contribution in [3.05, 3.63) is 83.9 Å². The molecular formula is C28H29NO7S2. The molecule has 1 N–H and O–H groups in total. The van der Waals surface area contributed by atoms with E-state index in [-0.39, 0.29) is 21.9 Å². The van der Waals surface area contributed by atoms with E-state index >= 15 is 0 Å². The van der Waals surface area contributed by atoms with Crippen LogP contribution in [0, 0.1) is 0 Å². The van der Waals surface area contributed by atoms with Gasteiger partial charge in [-0.1, -0.05) is 43.7 Å². The van der Waals surface area contributed by atoms with Gasteiger partial charge in [0.1, 0.15) is 23.3 Å². The van der Waals surface area contributed by atoms with E-state index < -0.39 is 22.2 Å². The number of ether oxygens (including phenoxy) is 3. The molecule has 4 rings (SSSR count). The second-order valence-corrected chi connectivity index (χ2v) is 11.8. The van der Waals surface area contributed by atoms with Crippen molar-refractivity contribution in [1.82, 2.24) is 5.32 Å². The lowest BCUT2D eigenvalue weighted by Gasteiger charge is -2.21. The van der Waals surface area contributed by atoms with E-state index in [0.717, 1.165) is 12.0 Å². The molecule has 0 spiro atoms. The highest BCUT2D eigenvalue weighted by Gasteiger charge is 2.32. The summed E-state index contributed by atoms with van der Waals surface area (Å²) < 4.78 is 42.1. The van der Waals surface area contributed by atoms with Crippen molar-refractivity contribution >= 4 is 32.0 Å². The number of hydrogen-bond donors (Lipinski definition) is 1. The third-order valence-electron chi connectivity index (χ3n) is 5.77. The molecule has 10 heteroatoms. The maximum absolute atomic E-state index is 12.0. The molecule has 0 saturated carbocycles. The summed E-state index contributed by atoms with van der Waals surface area (Å²) in [6.07, 6.45) is 2.42. The second kappa shape index (κ2) is 12.4. The predicted molar refractivity (Wildman–Crippen MR) is 145 cm³/mol. The summed E-state index contributed by atoms with van der Waals surface area (Å²) in [5.41, 5.74) is 1.50. The minimum Gasteiger partial charge on any atom is -0.493 e. The number of para-hydroxylation sites is 1. The Bertz CT molecular complexity index is 1380. The minimum atomic E-state index is -3.31. The molecule has 1 aliphatic heterocycles. The first-order valence-corrected chi connectivity index (χ1v) is 14.9. The van der Waals surface area contributed by atoms with Crippen LogP contribution in [0.3, 0.4) is 0 Å². The Kier molecular flexibility index (Phi) is 8.96. The molecule has 2 atom stereocenters. The Balaban J connectivity index is 1.45. The zero-order valence-electron chi connectivity index (χ0n) is 21.1. The number of nitrogens with one attached hydrogen (secondary N) is 1. The van der Waals surface area contributed by atoms with Gasteiger partial charge in [0.2, 0.25) is 11.4 Å². The van der Waals surface area contributed by atoms with Crippen molar-refractivity contribution in [3.8, 4) is 17.2 Å². The number of sulfone groups is 1. The van der Waals surface area contributed by atoms with E-state index in [9.17, 15) is 18.0 Å². The molecule has 38 heavy (non-hydrogen) atoms. The Hall–Kier alpha value is -3.50. The van der Waals surface area contributed by atoms with E-state index in [1.165, 1.54) is 6.26 Å². The molecule has 200 valence electrons. The fourth-order valence-electron chi connectivity index (χ4n) is 3.92. The first-order valence-electron chi connectivity index (χ1n) is 12.2. The van der Waals surface area contributed by atoms with Crippen LogP contribution in [-0.2, 0) is 21.1 Å². The largest absolute Gasteiger partial charge is 0.493 e. The van der Waals surface area contributed by atoms with Crippen LogP contribution in [0.5, 0.6) is 17.2 Å². The number of carbonyl (C=O) groups is 2. The van der Waals surface area contributed by atoms with Crippen LogP contribution < -0.4 is 19.5 Å². The number of thioether (sulfide) groups is 1. The van der Waals surface area contributed by atoms with Crippen LogP contribution in [0.15, 0.2) is 77.7 Å².